The summed E-state index contributed by atoms with van der Waals surface area (Å²) >= 11 is 10.7. The molecule has 0 amide bonds. The van der Waals surface area contributed by atoms with Gasteiger partial charge in [-0.05, 0) is 36.0 Å². The minimum absolute atomic E-state index is 0.744. The van der Waals surface area contributed by atoms with Gasteiger partial charge in [0.25, 0.3) is 0 Å². The molecular formula is C13H8ClNS. The van der Waals surface area contributed by atoms with E-state index in [0.717, 1.165) is 21.8 Å². The van der Waals surface area contributed by atoms with Gasteiger partial charge in [0.1, 0.15) is 0 Å². The van der Waals surface area contributed by atoms with Crippen molar-refractivity contribution in [1.82, 2.24) is 0 Å². The number of aliphatic imine (C=N–C) groups is 1. The Hall–Kier alpha value is -1.47. The highest BCUT2D eigenvalue weighted by Crippen LogP contribution is 2.28. The number of thiocarbonyl (C=S) groups is 1. The third-order valence-electron chi connectivity index (χ3n) is 2.23. The number of nitrogens with zero attached hydrogens (tertiary/aromatic N) is 1. The van der Waals surface area contributed by atoms with E-state index in [1.807, 2.05) is 48.5 Å². The number of isothiocyanates is 1. The van der Waals surface area contributed by atoms with E-state index in [9.17, 15) is 0 Å². The molecule has 0 heterocycles. The van der Waals surface area contributed by atoms with Crippen LogP contribution >= 0.6 is 23.8 Å². The Labute approximate surface area is 104 Å². The molecule has 78 valence electrons. The van der Waals surface area contributed by atoms with Crippen molar-refractivity contribution in [3.05, 3.63) is 53.6 Å². The topological polar surface area (TPSA) is 12.4 Å². The molecule has 0 aromatic heterocycles. The van der Waals surface area contributed by atoms with Gasteiger partial charge in [-0.1, -0.05) is 41.9 Å². The highest BCUT2D eigenvalue weighted by molar-refractivity contribution is 7.78. The first kappa shape index (κ1) is 11.0. The van der Waals surface area contributed by atoms with Crippen LogP contribution in [0.4, 0.5) is 5.69 Å². The monoisotopic (exact) mass is 245 g/mol. The van der Waals surface area contributed by atoms with Crippen LogP contribution in [0, 0.1) is 0 Å². The van der Waals surface area contributed by atoms with Crippen molar-refractivity contribution in [3.8, 4) is 11.1 Å². The fraction of sp³-hybridized carbons (Fsp3) is 0. The predicted molar refractivity (Wildman–Crippen MR) is 71.6 cm³/mol. The van der Waals surface area contributed by atoms with E-state index < -0.39 is 0 Å². The summed E-state index contributed by atoms with van der Waals surface area (Å²) in [6, 6.07) is 15.4. The first-order chi connectivity index (χ1) is 7.81. The lowest BCUT2D eigenvalue weighted by atomic mass is 10.1. The lowest BCUT2D eigenvalue weighted by Crippen LogP contribution is -1.78. The van der Waals surface area contributed by atoms with Gasteiger partial charge < -0.3 is 0 Å². The molecule has 0 fully saturated rings. The summed E-state index contributed by atoms with van der Waals surface area (Å²) in [5.74, 6) is 0. The molecule has 0 bridgehead atoms. The van der Waals surface area contributed by atoms with E-state index in [1.54, 1.807) is 0 Å². The Balaban J connectivity index is 2.42. The predicted octanol–water partition coefficient (Wildman–Crippen LogP) is 4.74. The summed E-state index contributed by atoms with van der Waals surface area (Å²) in [5.41, 5.74) is 2.88. The molecule has 0 saturated carbocycles. The Kier molecular flexibility index (Phi) is 3.47. The fourth-order valence-corrected chi connectivity index (χ4v) is 1.81. The van der Waals surface area contributed by atoms with Crippen LogP contribution in [-0.2, 0) is 0 Å². The minimum Gasteiger partial charge on any atom is -0.195 e. The molecular weight excluding hydrogens is 238 g/mol. The van der Waals surface area contributed by atoms with E-state index in [1.165, 1.54) is 0 Å². The smallest absolute Gasteiger partial charge is 0.0739 e. The number of halogens is 1. The average molecular weight is 246 g/mol. The second kappa shape index (κ2) is 5.04. The molecule has 0 aliphatic heterocycles. The van der Waals surface area contributed by atoms with Gasteiger partial charge in [-0.25, -0.2) is 0 Å². The van der Waals surface area contributed by atoms with Crippen LogP contribution in [0.15, 0.2) is 53.5 Å². The normalized spacial score (nSPS) is 9.56. The summed E-state index contributed by atoms with van der Waals surface area (Å²) in [5, 5.41) is 3.08. The summed E-state index contributed by atoms with van der Waals surface area (Å²) in [4.78, 5) is 3.90. The second-order valence-electron chi connectivity index (χ2n) is 3.23. The maximum absolute atomic E-state index is 6.11. The third-order valence-corrected chi connectivity index (χ3v) is 2.65. The summed E-state index contributed by atoms with van der Waals surface area (Å²) < 4.78 is 0. The van der Waals surface area contributed by atoms with Crippen molar-refractivity contribution in [2.75, 3.05) is 0 Å². The van der Waals surface area contributed by atoms with Crippen LogP contribution in [0.1, 0.15) is 0 Å². The molecule has 0 aliphatic carbocycles. The Bertz CT molecular complexity index is 542. The Morgan fingerprint density at radius 2 is 1.69 bits per heavy atom. The molecule has 0 saturated heterocycles. The van der Waals surface area contributed by atoms with E-state index in [0.29, 0.717) is 0 Å². The molecule has 1 nitrogen and oxygen atoms in total. The number of hydrogen-bond donors (Lipinski definition) is 0. The van der Waals surface area contributed by atoms with Gasteiger partial charge in [0.15, 0.2) is 0 Å². The van der Waals surface area contributed by atoms with Crippen LogP contribution in [0.2, 0.25) is 5.02 Å². The van der Waals surface area contributed by atoms with Crippen LogP contribution in [0.25, 0.3) is 11.1 Å². The van der Waals surface area contributed by atoms with Gasteiger partial charge >= 0.3 is 0 Å². The highest BCUT2D eigenvalue weighted by Gasteiger charge is 2.01. The van der Waals surface area contributed by atoms with Crippen LogP contribution < -0.4 is 0 Å². The van der Waals surface area contributed by atoms with Gasteiger partial charge in [-0.2, -0.15) is 4.99 Å². The number of benzene rings is 2. The van der Waals surface area contributed by atoms with Crippen LogP contribution in [-0.4, -0.2) is 5.16 Å². The molecule has 0 radical (unpaired) electrons. The van der Waals surface area contributed by atoms with Crippen molar-refractivity contribution in [3.63, 3.8) is 0 Å². The van der Waals surface area contributed by atoms with Gasteiger partial charge in [-0.15, -0.1) is 0 Å². The zero-order chi connectivity index (χ0) is 11.4. The summed E-state index contributed by atoms with van der Waals surface area (Å²) in [7, 11) is 0. The quantitative estimate of drug-likeness (QED) is 0.550. The number of rotatable bonds is 2. The molecule has 2 rings (SSSR count). The standard InChI is InChI=1S/C13H8ClNS/c14-13-4-2-1-3-12(13)10-5-7-11(8-6-10)15-9-16/h1-8H. The van der Waals surface area contributed by atoms with E-state index in [2.05, 4.69) is 22.4 Å². The highest BCUT2D eigenvalue weighted by atomic mass is 35.5. The Morgan fingerprint density at radius 3 is 2.31 bits per heavy atom. The van der Waals surface area contributed by atoms with Gasteiger partial charge in [0.2, 0.25) is 0 Å². The van der Waals surface area contributed by atoms with Crippen LogP contribution in [0.3, 0.4) is 0 Å². The van der Waals surface area contributed by atoms with Gasteiger partial charge in [0.05, 0.1) is 10.8 Å². The molecule has 0 aliphatic rings. The fourth-order valence-electron chi connectivity index (χ4n) is 1.46. The summed E-state index contributed by atoms with van der Waals surface area (Å²) in [6.45, 7) is 0. The summed E-state index contributed by atoms with van der Waals surface area (Å²) in [6.07, 6.45) is 0. The van der Waals surface area contributed by atoms with Crippen molar-refractivity contribution in [2.45, 2.75) is 0 Å². The van der Waals surface area contributed by atoms with Gasteiger partial charge in [0, 0.05) is 10.6 Å². The zero-order valence-corrected chi connectivity index (χ0v) is 9.92. The van der Waals surface area contributed by atoms with E-state index >= 15 is 0 Å². The van der Waals surface area contributed by atoms with E-state index in [4.69, 9.17) is 11.6 Å². The molecule has 2 aromatic rings. The largest absolute Gasteiger partial charge is 0.195 e. The lowest BCUT2D eigenvalue weighted by molar-refractivity contribution is 1.54. The molecule has 2 aromatic carbocycles. The minimum atomic E-state index is 0.744. The van der Waals surface area contributed by atoms with Crippen LogP contribution in [0.5, 0.6) is 0 Å². The van der Waals surface area contributed by atoms with E-state index in [-0.39, 0.29) is 0 Å². The molecule has 0 unspecified atom stereocenters. The SMILES string of the molecule is S=C=Nc1ccc(-c2ccccc2Cl)cc1. The molecule has 0 N–H and O–H groups in total. The van der Waals surface area contributed by atoms with Crippen molar-refractivity contribution < 1.29 is 0 Å². The maximum Gasteiger partial charge on any atom is 0.0739 e. The maximum atomic E-state index is 6.11. The van der Waals surface area contributed by atoms with Crippen molar-refractivity contribution >= 4 is 34.7 Å². The third kappa shape index (κ3) is 2.37. The Morgan fingerprint density at radius 1 is 1.00 bits per heavy atom. The molecule has 16 heavy (non-hydrogen) atoms. The first-order valence-corrected chi connectivity index (χ1v) is 5.53. The molecule has 0 spiro atoms. The average Bonchev–Trinajstić information content (AvgIpc) is 2.31. The van der Waals surface area contributed by atoms with Crippen molar-refractivity contribution in [2.24, 2.45) is 4.99 Å². The lowest BCUT2D eigenvalue weighted by Gasteiger charge is -2.03. The second-order valence-corrected chi connectivity index (χ2v) is 3.82. The number of hydrogen-bond acceptors (Lipinski definition) is 2. The molecule has 0 atom stereocenters. The molecule has 3 heteroatoms. The zero-order valence-electron chi connectivity index (χ0n) is 8.35. The van der Waals surface area contributed by atoms with Crippen molar-refractivity contribution in [1.29, 1.82) is 0 Å². The van der Waals surface area contributed by atoms with Gasteiger partial charge in [-0.3, -0.25) is 0 Å². The first-order valence-electron chi connectivity index (χ1n) is 4.74.